The molecule has 0 heterocycles. The van der Waals surface area contributed by atoms with E-state index in [1.165, 1.54) is 9.80 Å². The molecule has 0 bridgehead atoms. The molecule has 0 aliphatic heterocycles. The summed E-state index contributed by atoms with van der Waals surface area (Å²) < 4.78 is 5.86. The van der Waals surface area contributed by atoms with E-state index in [1.807, 2.05) is 52.0 Å². The summed E-state index contributed by atoms with van der Waals surface area (Å²) in [5.74, 6) is -1.51. The topological polar surface area (TPSA) is 87.2 Å². The summed E-state index contributed by atoms with van der Waals surface area (Å²) in [4.78, 5) is 41.0. The smallest absolute Gasteiger partial charge is 0.410 e. The van der Waals surface area contributed by atoms with Crippen molar-refractivity contribution in [3.05, 3.63) is 59.7 Å². The molecule has 1 N–H and O–H groups in total. The first-order chi connectivity index (χ1) is 17.4. The van der Waals surface area contributed by atoms with E-state index in [0.29, 0.717) is 25.7 Å². The third-order valence-corrected chi connectivity index (χ3v) is 7.27. The van der Waals surface area contributed by atoms with Crippen molar-refractivity contribution in [1.82, 2.24) is 9.80 Å². The summed E-state index contributed by atoms with van der Waals surface area (Å²) in [6.45, 7) is 7.39. The van der Waals surface area contributed by atoms with E-state index in [9.17, 15) is 19.5 Å². The molecule has 0 unspecified atom stereocenters. The number of hydrogen-bond donors (Lipinski definition) is 1. The zero-order valence-corrected chi connectivity index (χ0v) is 21.8. The summed E-state index contributed by atoms with van der Waals surface area (Å²) in [6, 6.07) is 15.9. The molecule has 7 heteroatoms. The molecule has 7 nitrogen and oxygen atoms in total. The van der Waals surface area contributed by atoms with Gasteiger partial charge in [-0.2, -0.15) is 0 Å². The number of aliphatic carboxylic acids is 1. The predicted molar refractivity (Wildman–Crippen MR) is 140 cm³/mol. The number of nitrogens with zero attached hydrogens (tertiary/aromatic N) is 2. The lowest BCUT2D eigenvalue weighted by atomic mass is 9.98. The summed E-state index contributed by atoms with van der Waals surface area (Å²) in [6.07, 6.45) is 2.07. The lowest BCUT2D eigenvalue weighted by Gasteiger charge is -2.34. The van der Waals surface area contributed by atoms with E-state index in [1.54, 1.807) is 0 Å². The van der Waals surface area contributed by atoms with Crippen LogP contribution in [0.15, 0.2) is 48.5 Å². The van der Waals surface area contributed by atoms with Crippen LogP contribution in [0.2, 0.25) is 0 Å². The summed E-state index contributed by atoms with van der Waals surface area (Å²) in [5.41, 5.74) is 4.54. The van der Waals surface area contributed by atoms with Gasteiger partial charge in [0, 0.05) is 18.0 Å². The first-order valence-corrected chi connectivity index (χ1v) is 13.0. The molecule has 2 aromatic carbocycles. The molecular weight excluding hydrogens is 456 g/mol. The highest BCUT2D eigenvalue weighted by atomic mass is 16.6. The van der Waals surface area contributed by atoms with Crippen molar-refractivity contribution >= 4 is 18.0 Å². The average molecular weight is 495 g/mol. The monoisotopic (exact) mass is 494 g/mol. The van der Waals surface area contributed by atoms with Crippen LogP contribution in [0, 0.1) is 0 Å². The molecule has 2 aromatic rings. The van der Waals surface area contributed by atoms with E-state index in [4.69, 9.17) is 4.74 Å². The maximum absolute atomic E-state index is 13.4. The Morgan fingerprint density at radius 1 is 0.778 bits per heavy atom. The molecule has 3 rings (SSSR count). The number of hydrogen-bond acceptors (Lipinski definition) is 4. The maximum atomic E-state index is 13.4. The van der Waals surface area contributed by atoms with Crippen molar-refractivity contribution in [2.75, 3.05) is 19.7 Å². The van der Waals surface area contributed by atoms with Crippen molar-refractivity contribution in [3.63, 3.8) is 0 Å². The zero-order chi connectivity index (χ0) is 26.2. The predicted octanol–water partition coefficient (Wildman–Crippen LogP) is 5.53. The molecule has 0 fully saturated rings. The van der Waals surface area contributed by atoms with Gasteiger partial charge in [0.15, 0.2) is 0 Å². The molecule has 0 spiro atoms. The lowest BCUT2D eigenvalue weighted by Crippen LogP contribution is -2.51. The fourth-order valence-electron chi connectivity index (χ4n) is 5.28. The summed E-state index contributed by atoms with van der Waals surface area (Å²) >= 11 is 0. The van der Waals surface area contributed by atoms with E-state index in [2.05, 4.69) is 24.3 Å². The average Bonchev–Trinajstić information content (AvgIpc) is 3.20. The number of fused-ring (bicyclic) bond motifs is 3. The standard InChI is InChI=1S/C29H38N2O5/c1-5-20(6-2)30(18-28(33)34)27(32)17-31(21(7-3)8-4)29(35)36-19-26-24-15-11-9-13-22(24)23-14-10-12-16-25(23)26/h9-16,20-21,26H,5-8,17-19H2,1-4H3,(H,33,34). The van der Waals surface area contributed by atoms with Crippen molar-refractivity contribution in [2.24, 2.45) is 0 Å². The minimum absolute atomic E-state index is 0.0753. The number of carboxylic acids is 1. The normalized spacial score (nSPS) is 12.4. The number of carboxylic acid groups (broad SMARTS) is 1. The van der Waals surface area contributed by atoms with Crippen LogP contribution in [0.1, 0.15) is 70.4 Å². The quantitative estimate of drug-likeness (QED) is 0.419. The second-order valence-electron chi connectivity index (χ2n) is 9.29. The molecule has 1 aliphatic carbocycles. The fourth-order valence-corrected chi connectivity index (χ4v) is 5.28. The third kappa shape index (κ3) is 5.89. The van der Waals surface area contributed by atoms with E-state index < -0.39 is 12.1 Å². The Bertz CT molecular complexity index is 1020. The van der Waals surface area contributed by atoms with Crippen LogP contribution in [0.5, 0.6) is 0 Å². The second-order valence-corrected chi connectivity index (χ2v) is 9.29. The summed E-state index contributed by atoms with van der Waals surface area (Å²) in [7, 11) is 0. The molecule has 2 amide bonds. The van der Waals surface area contributed by atoms with Crippen molar-refractivity contribution in [3.8, 4) is 11.1 Å². The Labute approximate surface area is 214 Å². The SMILES string of the molecule is CCC(CC)N(CC(=O)O)C(=O)CN(C(=O)OCC1c2ccccc2-c2ccccc21)C(CC)CC. The van der Waals surface area contributed by atoms with E-state index >= 15 is 0 Å². The van der Waals surface area contributed by atoms with E-state index in [0.717, 1.165) is 22.3 Å². The highest BCUT2D eigenvalue weighted by Gasteiger charge is 2.33. The van der Waals surface area contributed by atoms with Crippen molar-refractivity contribution in [2.45, 2.75) is 71.4 Å². The minimum atomic E-state index is -1.06. The van der Waals surface area contributed by atoms with Gasteiger partial charge >= 0.3 is 12.1 Å². The van der Waals surface area contributed by atoms with Gasteiger partial charge in [-0.25, -0.2) is 4.79 Å². The lowest BCUT2D eigenvalue weighted by molar-refractivity contribution is -0.147. The molecular formula is C29H38N2O5. The van der Waals surface area contributed by atoms with Crippen LogP contribution >= 0.6 is 0 Å². The molecule has 0 radical (unpaired) electrons. The third-order valence-electron chi connectivity index (χ3n) is 7.27. The number of ether oxygens (including phenoxy) is 1. The second kappa shape index (κ2) is 12.6. The highest BCUT2D eigenvalue weighted by molar-refractivity contribution is 5.86. The van der Waals surface area contributed by atoms with Crippen LogP contribution in [-0.2, 0) is 14.3 Å². The largest absolute Gasteiger partial charge is 0.480 e. The number of rotatable bonds is 12. The molecule has 36 heavy (non-hydrogen) atoms. The van der Waals surface area contributed by atoms with Crippen LogP contribution in [0.3, 0.4) is 0 Å². The number of amides is 2. The first kappa shape index (κ1) is 27.2. The Morgan fingerprint density at radius 3 is 1.72 bits per heavy atom. The molecule has 0 aromatic heterocycles. The first-order valence-electron chi connectivity index (χ1n) is 13.0. The number of carbonyl (C=O) groups excluding carboxylic acids is 2. The summed E-state index contributed by atoms with van der Waals surface area (Å²) in [5, 5.41) is 9.38. The Hall–Kier alpha value is -3.35. The van der Waals surface area contributed by atoms with Gasteiger partial charge in [0.25, 0.3) is 0 Å². The Morgan fingerprint density at radius 2 is 1.25 bits per heavy atom. The van der Waals surface area contributed by atoms with Crippen molar-refractivity contribution < 1.29 is 24.2 Å². The van der Waals surface area contributed by atoms with Gasteiger partial charge in [-0.3, -0.25) is 14.5 Å². The van der Waals surface area contributed by atoms with Gasteiger partial charge in [-0.15, -0.1) is 0 Å². The minimum Gasteiger partial charge on any atom is -0.480 e. The van der Waals surface area contributed by atoms with Crippen LogP contribution in [0.25, 0.3) is 11.1 Å². The molecule has 0 saturated heterocycles. The van der Waals surface area contributed by atoms with Crippen LogP contribution < -0.4 is 0 Å². The van der Waals surface area contributed by atoms with E-state index in [-0.39, 0.29) is 43.6 Å². The van der Waals surface area contributed by atoms with Gasteiger partial charge in [-0.1, -0.05) is 76.2 Å². The van der Waals surface area contributed by atoms with Crippen LogP contribution in [0.4, 0.5) is 4.79 Å². The molecule has 194 valence electrons. The zero-order valence-electron chi connectivity index (χ0n) is 21.8. The maximum Gasteiger partial charge on any atom is 0.410 e. The van der Waals surface area contributed by atoms with Gasteiger partial charge in [0.05, 0.1) is 0 Å². The number of benzene rings is 2. The number of carbonyl (C=O) groups is 3. The van der Waals surface area contributed by atoms with Gasteiger partial charge < -0.3 is 14.7 Å². The van der Waals surface area contributed by atoms with Crippen LogP contribution in [-0.4, -0.2) is 64.7 Å². The Balaban J connectivity index is 1.79. The highest BCUT2D eigenvalue weighted by Crippen LogP contribution is 2.44. The fraction of sp³-hybridized carbons (Fsp3) is 0.483. The Kier molecular flexibility index (Phi) is 9.51. The van der Waals surface area contributed by atoms with Gasteiger partial charge in [0.1, 0.15) is 19.7 Å². The van der Waals surface area contributed by atoms with Crippen molar-refractivity contribution in [1.29, 1.82) is 0 Å². The van der Waals surface area contributed by atoms with Gasteiger partial charge in [0.2, 0.25) is 5.91 Å². The molecule has 1 aliphatic rings. The van der Waals surface area contributed by atoms with Gasteiger partial charge in [-0.05, 0) is 47.9 Å². The molecule has 0 atom stereocenters. The molecule has 0 saturated carbocycles.